The van der Waals surface area contributed by atoms with Crippen LogP contribution in [0.15, 0.2) is 55.3 Å². The number of methoxy groups -OCH3 is 1. The van der Waals surface area contributed by atoms with E-state index < -0.39 is 17.8 Å². The maximum Gasteiger partial charge on any atom is 0.181 e. The maximum absolute atomic E-state index is 11.4. The Morgan fingerprint density at radius 1 is 1.31 bits per heavy atom. The highest BCUT2D eigenvalue weighted by molar-refractivity contribution is 6.30. The van der Waals surface area contributed by atoms with Crippen LogP contribution in [0.3, 0.4) is 0 Å². The van der Waals surface area contributed by atoms with Crippen LogP contribution in [0.4, 0.5) is 0 Å². The molecular formula is C22H23ClN2O4. The minimum Gasteiger partial charge on any atom is -0.479 e. The van der Waals surface area contributed by atoms with Gasteiger partial charge in [0.1, 0.15) is 16.9 Å². The summed E-state index contributed by atoms with van der Waals surface area (Å²) in [5, 5.41) is 11.9. The fourth-order valence-corrected chi connectivity index (χ4v) is 3.99. The van der Waals surface area contributed by atoms with Crippen molar-refractivity contribution in [1.29, 1.82) is 0 Å². The molecule has 0 amide bonds. The highest BCUT2D eigenvalue weighted by Gasteiger charge is 2.50. The Balaban J connectivity index is 1.94. The van der Waals surface area contributed by atoms with Crippen molar-refractivity contribution in [3.63, 3.8) is 0 Å². The molecule has 2 unspecified atom stereocenters. The zero-order valence-electron chi connectivity index (χ0n) is 16.3. The van der Waals surface area contributed by atoms with Gasteiger partial charge in [0.05, 0.1) is 18.9 Å². The van der Waals surface area contributed by atoms with Gasteiger partial charge in [-0.3, -0.25) is 4.40 Å². The van der Waals surface area contributed by atoms with E-state index in [1.807, 2.05) is 43.3 Å². The second-order valence-electron chi connectivity index (χ2n) is 6.97. The number of aryl methyl sites for hydroxylation is 1. The van der Waals surface area contributed by atoms with Gasteiger partial charge in [-0.1, -0.05) is 54.6 Å². The molecule has 2 aromatic heterocycles. The number of nitrogens with zero attached hydrogens (tertiary/aromatic N) is 2. The molecule has 0 bridgehead atoms. The quantitative estimate of drug-likeness (QED) is 0.490. The number of fused-ring (bicyclic) bond motifs is 3. The van der Waals surface area contributed by atoms with Crippen LogP contribution >= 0.6 is 11.6 Å². The van der Waals surface area contributed by atoms with Gasteiger partial charge in [0.25, 0.3) is 0 Å². The Hall–Kier alpha value is -2.38. The first-order valence-electron chi connectivity index (χ1n) is 9.37. The summed E-state index contributed by atoms with van der Waals surface area (Å²) < 4.78 is 19.4. The summed E-state index contributed by atoms with van der Waals surface area (Å²) in [6, 6.07) is 11.4. The number of benzene rings is 1. The van der Waals surface area contributed by atoms with Crippen molar-refractivity contribution in [2.75, 3.05) is 20.3 Å². The summed E-state index contributed by atoms with van der Waals surface area (Å²) in [6.07, 6.45) is 1.72. The van der Waals surface area contributed by atoms with E-state index in [4.69, 9.17) is 25.8 Å². The molecule has 152 valence electrons. The fourth-order valence-electron chi connectivity index (χ4n) is 3.81. The minimum atomic E-state index is -1.19. The lowest BCUT2D eigenvalue weighted by Crippen LogP contribution is -2.49. The Bertz CT molecular complexity index is 1040. The molecular weight excluding hydrogens is 392 g/mol. The Kier molecular flexibility index (Phi) is 5.36. The molecule has 3 atom stereocenters. The smallest absolute Gasteiger partial charge is 0.181 e. The van der Waals surface area contributed by atoms with E-state index in [0.29, 0.717) is 34.4 Å². The van der Waals surface area contributed by atoms with Gasteiger partial charge < -0.3 is 19.3 Å². The third-order valence-corrected chi connectivity index (χ3v) is 5.76. The second kappa shape index (κ2) is 7.80. The molecule has 0 saturated heterocycles. The van der Waals surface area contributed by atoms with Crippen LogP contribution in [-0.4, -0.2) is 40.9 Å². The number of ether oxygens (including phenoxy) is 3. The van der Waals surface area contributed by atoms with Gasteiger partial charge in [-0.15, -0.1) is 0 Å². The van der Waals surface area contributed by atoms with E-state index in [1.165, 1.54) is 0 Å². The van der Waals surface area contributed by atoms with E-state index in [1.54, 1.807) is 23.8 Å². The maximum atomic E-state index is 11.4. The van der Waals surface area contributed by atoms with E-state index in [0.717, 1.165) is 5.56 Å². The topological polar surface area (TPSA) is 65.2 Å². The number of hydrogen-bond donors (Lipinski definition) is 1. The summed E-state index contributed by atoms with van der Waals surface area (Å²) in [7, 11) is 1.60. The number of halogens is 1. The van der Waals surface area contributed by atoms with Gasteiger partial charge in [0, 0.05) is 18.9 Å². The zero-order valence-corrected chi connectivity index (χ0v) is 17.1. The van der Waals surface area contributed by atoms with Crippen molar-refractivity contribution in [2.24, 2.45) is 0 Å². The first-order valence-corrected chi connectivity index (χ1v) is 9.75. The molecule has 3 aromatic rings. The van der Waals surface area contributed by atoms with Crippen LogP contribution < -0.4 is 4.74 Å². The molecule has 1 aromatic carbocycles. The summed E-state index contributed by atoms with van der Waals surface area (Å²) >= 11 is 6.40. The highest BCUT2D eigenvalue weighted by atomic mass is 35.5. The van der Waals surface area contributed by atoms with Crippen LogP contribution in [-0.2, 0) is 15.1 Å². The molecule has 3 heterocycles. The second-order valence-corrected chi connectivity index (χ2v) is 7.33. The predicted octanol–water partition coefficient (Wildman–Crippen LogP) is 3.84. The monoisotopic (exact) mass is 414 g/mol. The summed E-state index contributed by atoms with van der Waals surface area (Å²) in [6.45, 7) is 6.48. The molecule has 1 aliphatic heterocycles. The molecule has 0 spiro atoms. The normalized spacial score (nSPS) is 23.6. The number of pyridine rings is 1. The van der Waals surface area contributed by atoms with Crippen LogP contribution in [0.25, 0.3) is 5.65 Å². The number of aromatic nitrogens is 2. The van der Waals surface area contributed by atoms with E-state index in [-0.39, 0.29) is 6.61 Å². The molecule has 0 aliphatic carbocycles. The molecule has 4 rings (SSSR count). The average molecular weight is 415 g/mol. The van der Waals surface area contributed by atoms with E-state index >= 15 is 0 Å². The largest absolute Gasteiger partial charge is 0.479 e. The zero-order chi connectivity index (χ0) is 20.6. The van der Waals surface area contributed by atoms with Crippen molar-refractivity contribution in [3.8, 4) is 5.75 Å². The van der Waals surface area contributed by atoms with Crippen molar-refractivity contribution in [2.45, 2.75) is 24.7 Å². The Morgan fingerprint density at radius 3 is 2.76 bits per heavy atom. The van der Waals surface area contributed by atoms with Crippen molar-refractivity contribution in [3.05, 3.63) is 77.2 Å². The first kappa shape index (κ1) is 19.9. The Morgan fingerprint density at radius 2 is 2.07 bits per heavy atom. The number of rotatable bonds is 6. The van der Waals surface area contributed by atoms with Crippen LogP contribution in [0.1, 0.15) is 22.9 Å². The van der Waals surface area contributed by atoms with Crippen LogP contribution in [0, 0.1) is 6.92 Å². The third-order valence-electron chi connectivity index (χ3n) is 5.30. The highest BCUT2D eigenvalue weighted by Crippen LogP contribution is 2.49. The number of aliphatic hydroxyl groups excluding tert-OH is 1. The molecule has 6 nitrogen and oxygen atoms in total. The fraction of sp³-hybridized carbons (Fsp3) is 0.318. The first-order chi connectivity index (χ1) is 14.0. The van der Waals surface area contributed by atoms with Crippen molar-refractivity contribution >= 4 is 17.2 Å². The standard InChI is InChI=1S/C22H23ClN2O4/c1-4-22(28-13-12-27-3)16-10-11-25-20(23)14(2)24-21(25)18(16)29-17(19(22)26)15-8-6-5-7-9-15/h4-11,17,19,26H,1,12-13H2,2-3H3/t17-,19?,22?/m1/s1. The molecule has 7 heteroatoms. The van der Waals surface area contributed by atoms with E-state index in [2.05, 4.69) is 11.6 Å². The van der Waals surface area contributed by atoms with Gasteiger partial charge in [-0.2, -0.15) is 0 Å². The molecule has 0 saturated carbocycles. The van der Waals surface area contributed by atoms with Gasteiger partial charge >= 0.3 is 0 Å². The minimum absolute atomic E-state index is 0.278. The molecule has 29 heavy (non-hydrogen) atoms. The molecule has 0 radical (unpaired) electrons. The lowest BCUT2D eigenvalue weighted by atomic mass is 9.80. The lowest BCUT2D eigenvalue weighted by Gasteiger charge is -2.44. The van der Waals surface area contributed by atoms with E-state index in [9.17, 15) is 5.11 Å². The SMILES string of the molecule is C=CC1(OCCOC)c2ccn3c(Cl)c(C)nc3c2O[C@H](c2ccccc2)C1O. The number of hydrogen-bond acceptors (Lipinski definition) is 5. The van der Waals surface area contributed by atoms with Gasteiger partial charge in [0.15, 0.2) is 17.5 Å². The number of aliphatic hydroxyl groups is 1. The average Bonchev–Trinajstić information content (AvgIpc) is 3.04. The Labute approximate surface area is 174 Å². The molecule has 0 fully saturated rings. The van der Waals surface area contributed by atoms with Gasteiger partial charge in [-0.25, -0.2) is 4.98 Å². The van der Waals surface area contributed by atoms with Gasteiger partial charge in [0.2, 0.25) is 0 Å². The van der Waals surface area contributed by atoms with Crippen LogP contribution in [0.2, 0.25) is 5.15 Å². The molecule has 1 N–H and O–H groups in total. The molecule has 1 aliphatic rings. The van der Waals surface area contributed by atoms with Crippen LogP contribution in [0.5, 0.6) is 5.75 Å². The summed E-state index contributed by atoms with van der Waals surface area (Å²) in [5.74, 6) is 0.513. The van der Waals surface area contributed by atoms with Gasteiger partial charge in [-0.05, 0) is 18.6 Å². The van der Waals surface area contributed by atoms with Crippen molar-refractivity contribution < 1.29 is 19.3 Å². The summed E-state index contributed by atoms with van der Waals surface area (Å²) in [4.78, 5) is 4.59. The summed E-state index contributed by atoms with van der Waals surface area (Å²) in [5.41, 5.74) is 1.54. The van der Waals surface area contributed by atoms with Crippen molar-refractivity contribution in [1.82, 2.24) is 9.38 Å². The predicted molar refractivity (Wildman–Crippen MR) is 110 cm³/mol. The number of imidazole rings is 1. The lowest BCUT2D eigenvalue weighted by molar-refractivity contribution is -0.154. The third kappa shape index (κ3) is 3.13.